The summed E-state index contributed by atoms with van der Waals surface area (Å²) in [6.07, 6.45) is 8.65. The number of ether oxygens (including phenoxy) is 2. The number of carboxylic acid groups (broad SMARTS) is 1. The molecule has 5 rings (SSSR count). The van der Waals surface area contributed by atoms with E-state index >= 15 is 0 Å². The summed E-state index contributed by atoms with van der Waals surface area (Å²) in [5.41, 5.74) is -0.702. The SMILES string of the molecule is O=C(O)c1cccc(-c2nc3nccc(C4(OC(F)F)C=CC=C(OCC5CC5)C4)n3n2)c1. The third-order valence-corrected chi connectivity index (χ3v) is 5.63. The van der Waals surface area contributed by atoms with Gasteiger partial charge in [-0.25, -0.2) is 9.78 Å². The predicted octanol–water partition coefficient (Wildman–Crippen LogP) is 4.19. The molecule has 0 spiro atoms. The Kier molecular flexibility index (Phi) is 5.37. The molecule has 2 aromatic heterocycles. The lowest BCUT2D eigenvalue weighted by Crippen LogP contribution is -2.34. The highest BCUT2D eigenvalue weighted by atomic mass is 19.3. The quantitative estimate of drug-likeness (QED) is 0.545. The van der Waals surface area contributed by atoms with Gasteiger partial charge in [-0.05, 0) is 49.1 Å². The minimum atomic E-state index is -3.05. The molecule has 2 aliphatic carbocycles. The van der Waals surface area contributed by atoms with Gasteiger partial charge < -0.3 is 14.6 Å². The van der Waals surface area contributed by atoms with Crippen LogP contribution in [0.5, 0.6) is 0 Å². The van der Waals surface area contributed by atoms with Gasteiger partial charge >= 0.3 is 12.6 Å². The highest BCUT2D eigenvalue weighted by Crippen LogP contribution is 2.40. The Labute approximate surface area is 187 Å². The number of carboxylic acids is 1. The molecule has 2 aliphatic rings. The molecule has 170 valence electrons. The molecular formula is C23H20F2N4O4. The average Bonchev–Trinajstić information content (AvgIpc) is 3.53. The molecule has 0 amide bonds. The maximum Gasteiger partial charge on any atom is 0.346 e. The number of aromatic nitrogens is 4. The lowest BCUT2D eigenvalue weighted by Gasteiger charge is -2.33. The van der Waals surface area contributed by atoms with Gasteiger partial charge in [0.05, 0.1) is 23.6 Å². The number of carbonyl (C=O) groups is 1. The van der Waals surface area contributed by atoms with Crippen LogP contribution >= 0.6 is 0 Å². The van der Waals surface area contributed by atoms with E-state index in [0.29, 0.717) is 29.5 Å². The molecule has 0 bridgehead atoms. The number of hydrogen-bond donors (Lipinski definition) is 1. The van der Waals surface area contributed by atoms with E-state index in [-0.39, 0.29) is 23.6 Å². The maximum absolute atomic E-state index is 13.6. The number of allylic oxidation sites excluding steroid dienone is 2. The van der Waals surface area contributed by atoms with E-state index in [2.05, 4.69) is 15.1 Å². The Morgan fingerprint density at radius 1 is 1.30 bits per heavy atom. The fraction of sp³-hybridized carbons (Fsp3) is 0.304. The minimum absolute atomic E-state index is 0.0589. The molecule has 1 N–H and O–H groups in total. The van der Waals surface area contributed by atoms with E-state index in [0.717, 1.165) is 12.8 Å². The number of aromatic carboxylic acids is 1. The first-order valence-electron chi connectivity index (χ1n) is 10.5. The minimum Gasteiger partial charge on any atom is -0.498 e. The number of halogens is 2. The molecule has 33 heavy (non-hydrogen) atoms. The van der Waals surface area contributed by atoms with Gasteiger partial charge in [-0.15, -0.1) is 5.10 Å². The van der Waals surface area contributed by atoms with E-state index in [4.69, 9.17) is 9.47 Å². The van der Waals surface area contributed by atoms with Crippen LogP contribution in [0.4, 0.5) is 8.78 Å². The summed E-state index contributed by atoms with van der Waals surface area (Å²) in [6, 6.07) is 7.70. The molecule has 1 atom stereocenters. The van der Waals surface area contributed by atoms with Gasteiger partial charge in [-0.2, -0.15) is 18.3 Å². The van der Waals surface area contributed by atoms with Crippen LogP contribution in [0.3, 0.4) is 0 Å². The first-order valence-corrected chi connectivity index (χ1v) is 10.5. The zero-order chi connectivity index (χ0) is 23.0. The molecule has 0 radical (unpaired) electrons. The van der Waals surface area contributed by atoms with E-state index in [1.54, 1.807) is 36.4 Å². The van der Waals surface area contributed by atoms with Crippen molar-refractivity contribution in [3.63, 3.8) is 0 Å². The normalized spacial score (nSPS) is 20.3. The number of alkyl halides is 2. The van der Waals surface area contributed by atoms with Gasteiger partial charge in [0.25, 0.3) is 5.78 Å². The summed E-state index contributed by atoms with van der Waals surface area (Å²) in [6.45, 7) is -2.50. The summed E-state index contributed by atoms with van der Waals surface area (Å²) in [7, 11) is 0. The van der Waals surface area contributed by atoms with Gasteiger partial charge in [0.1, 0.15) is 5.60 Å². The summed E-state index contributed by atoms with van der Waals surface area (Å²) < 4.78 is 39.5. The van der Waals surface area contributed by atoms with Gasteiger partial charge in [0, 0.05) is 18.2 Å². The Bertz CT molecular complexity index is 1270. The third kappa shape index (κ3) is 4.34. The van der Waals surface area contributed by atoms with Crippen molar-refractivity contribution in [2.24, 2.45) is 5.92 Å². The van der Waals surface area contributed by atoms with Crippen molar-refractivity contribution in [1.82, 2.24) is 19.6 Å². The predicted molar refractivity (Wildman–Crippen MR) is 112 cm³/mol. The lowest BCUT2D eigenvalue weighted by atomic mass is 9.90. The van der Waals surface area contributed by atoms with Crippen LogP contribution in [0, 0.1) is 5.92 Å². The van der Waals surface area contributed by atoms with E-state index in [9.17, 15) is 18.7 Å². The van der Waals surface area contributed by atoms with Crippen molar-refractivity contribution in [2.75, 3.05) is 6.61 Å². The topological polar surface area (TPSA) is 98.8 Å². The molecule has 10 heteroatoms. The van der Waals surface area contributed by atoms with Crippen molar-refractivity contribution in [1.29, 1.82) is 0 Å². The molecule has 0 aliphatic heterocycles. The van der Waals surface area contributed by atoms with Gasteiger partial charge in [-0.3, -0.25) is 0 Å². The number of hydrogen-bond acceptors (Lipinski definition) is 6. The third-order valence-electron chi connectivity index (χ3n) is 5.63. The fourth-order valence-electron chi connectivity index (χ4n) is 3.80. The standard InChI is InChI=1S/C23H20F2N4O4/c24-21(25)33-23(9-2-5-17(12-23)32-13-14-6-7-14)18-8-10-26-22-27-19(28-29(18)22)15-3-1-4-16(11-15)20(30)31/h1-5,8-11,14,21H,6-7,12-13H2,(H,30,31). The Balaban J connectivity index is 1.55. The largest absolute Gasteiger partial charge is 0.498 e. The summed E-state index contributed by atoms with van der Waals surface area (Å²) in [4.78, 5) is 19.9. The number of benzene rings is 1. The smallest absolute Gasteiger partial charge is 0.346 e. The highest BCUT2D eigenvalue weighted by Gasteiger charge is 2.40. The Morgan fingerprint density at radius 2 is 2.15 bits per heavy atom. The number of nitrogens with zero attached hydrogens (tertiary/aromatic N) is 4. The average molecular weight is 454 g/mol. The fourth-order valence-corrected chi connectivity index (χ4v) is 3.80. The van der Waals surface area contributed by atoms with Gasteiger partial charge in [0.2, 0.25) is 0 Å². The van der Waals surface area contributed by atoms with Crippen LogP contribution < -0.4 is 0 Å². The van der Waals surface area contributed by atoms with Gasteiger partial charge in [-0.1, -0.05) is 18.2 Å². The Morgan fingerprint density at radius 3 is 2.91 bits per heavy atom. The molecule has 2 heterocycles. The van der Waals surface area contributed by atoms with Crippen LogP contribution in [-0.2, 0) is 15.1 Å². The summed E-state index contributed by atoms with van der Waals surface area (Å²) in [5, 5.41) is 13.7. The van der Waals surface area contributed by atoms with Crippen molar-refractivity contribution in [2.45, 2.75) is 31.5 Å². The summed E-state index contributed by atoms with van der Waals surface area (Å²) in [5.74, 6) is 0.357. The lowest BCUT2D eigenvalue weighted by molar-refractivity contribution is -0.200. The van der Waals surface area contributed by atoms with Crippen molar-refractivity contribution in [3.05, 3.63) is 71.8 Å². The zero-order valence-corrected chi connectivity index (χ0v) is 17.4. The molecule has 0 saturated heterocycles. The van der Waals surface area contributed by atoms with Crippen LogP contribution in [0.15, 0.2) is 60.5 Å². The molecule has 1 unspecified atom stereocenters. The number of fused-ring (bicyclic) bond motifs is 1. The number of rotatable bonds is 8. The first-order chi connectivity index (χ1) is 15.9. The van der Waals surface area contributed by atoms with Crippen LogP contribution in [0.1, 0.15) is 35.3 Å². The molecule has 8 nitrogen and oxygen atoms in total. The molecular weight excluding hydrogens is 434 g/mol. The second-order valence-electron chi connectivity index (χ2n) is 8.05. The van der Waals surface area contributed by atoms with E-state index < -0.39 is 18.2 Å². The zero-order valence-electron chi connectivity index (χ0n) is 17.4. The van der Waals surface area contributed by atoms with Gasteiger partial charge in [0.15, 0.2) is 5.82 Å². The second kappa shape index (κ2) is 8.36. The van der Waals surface area contributed by atoms with Crippen molar-refractivity contribution in [3.8, 4) is 11.4 Å². The van der Waals surface area contributed by atoms with E-state index in [1.165, 1.54) is 22.8 Å². The molecule has 1 fully saturated rings. The van der Waals surface area contributed by atoms with Crippen molar-refractivity contribution < 1.29 is 28.2 Å². The maximum atomic E-state index is 13.6. The second-order valence-corrected chi connectivity index (χ2v) is 8.05. The van der Waals surface area contributed by atoms with Crippen molar-refractivity contribution >= 4 is 11.7 Å². The van der Waals surface area contributed by atoms with E-state index in [1.807, 2.05) is 0 Å². The summed E-state index contributed by atoms with van der Waals surface area (Å²) >= 11 is 0. The van der Waals surface area contributed by atoms with Crippen LogP contribution in [-0.4, -0.2) is 43.9 Å². The van der Waals surface area contributed by atoms with Crippen LogP contribution in [0.25, 0.3) is 17.2 Å². The first kappa shape index (κ1) is 21.2. The molecule has 3 aromatic rings. The monoisotopic (exact) mass is 454 g/mol. The molecule has 1 saturated carbocycles. The highest BCUT2D eigenvalue weighted by molar-refractivity contribution is 5.89. The molecule has 1 aromatic carbocycles. The Hall–Kier alpha value is -3.66. The van der Waals surface area contributed by atoms with Crippen LogP contribution in [0.2, 0.25) is 0 Å².